The molecule has 0 radical (unpaired) electrons. The minimum atomic E-state index is -3.62. The third kappa shape index (κ3) is 6.95. The topological polar surface area (TPSA) is 96.6 Å². The Morgan fingerprint density at radius 1 is 1.36 bits per heavy atom. The smallest absolute Gasteiger partial charge is 0.247 e. The first kappa shape index (κ1) is 20.2. The van der Waals surface area contributed by atoms with E-state index in [2.05, 4.69) is 22.5 Å². The van der Waals surface area contributed by atoms with E-state index in [1.807, 2.05) is 6.92 Å². The maximum Gasteiger partial charge on any atom is 0.247 e. The van der Waals surface area contributed by atoms with Crippen molar-refractivity contribution in [3.63, 3.8) is 0 Å². The van der Waals surface area contributed by atoms with Crippen LogP contribution in [0.3, 0.4) is 0 Å². The summed E-state index contributed by atoms with van der Waals surface area (Å²) in [6, 6.07) is 3.30. The molecule has 8 heteroatoms. The lowest BCUT2D eigenvalue weighted by Gasteiger charge is -2.26. The summed E-state index contributed by atoms with van der Waals surface area (Å²) in [5, 5.41) is 11.8. The van der Waals surface area contributed by atoms with Crippen molar-refractivity contribution in [1.29, 1.82) is 0 Å². The van der Waals surface area contributed by atoms with Crippen LogP contribution >= 0.6 is 11.3 Å². The van der Waals surface area contributed by atoms with Crippen LogP contribution in [0, 0.1) is 11.8 Å². The molecule has 0 bridgehead atoms. The SMILES string of the molecule is CCNC(=NCc1ccc(S(N)(=O)=O)s1)NCCC1CCCC(C)C1. The summed E-state index contributed by atoms with van der Waals surface area (Å²) >= 11 is 1.17. The number of thiophene rings is 1. The Bertz CT molecular complexity index is 670. The van der Waals surface area contributed by atoms with Crippen LogP contribution in [-0.2, 0) is 16.6 Å². The van der Waals surface area contributed by atoms with E-state index < -0.39 is 10.0 Å². The van der Waals surface area contributed by atoms with E-state index in [9.17, 15) is 8.42 Å². The van der Waals surface area contributed by atoms with Gasteiger partial charge in [0, 0.05) is 18.0 Å². The maximum atomic E-state index is 11.3. The Morgan fingerprint density at radius 2 is 2.16 bits per heavy atom. The fourth-order valence-corrected chi connectivity index (χ4v) is 5.01. The van der Waals surface area contributed by atoms with Crippen molar-refractivity contribution < 1.29 is 8.42 Å². The van der Waals surface area contributed by atoms with Gasteiger partial charge in [-0.25, -0.2) is 18.5 Å². The number of primary sulfonamides is 1. The predicted octanol–water partition coefficient (Wildman–Crippen LogP) is 2.67. The van der Waals surface area contributed by atoms with Crippen LogP contribution in [0.5, 0.6) is 0 Å². The number of nitrogens with two attached hydrogens (primary N) is 1. The predicted molar refractivity (Wildman–Crippen MR) is 104 cm³/mol. The molecule has 6 nitrogen and oxygen atoms in total. The number of hydrogen-bond acceptors (Lipinski definition) is 4. The molecule has 1 aliphatic carbocycles. The molecule has 2 atom stereocenters. The van der Waals surface area contributed by atoms with E-state index in [1.54, 1.807) is 6.07 Å². The average molecular weight is 387 g/mol. The summed E-state index contributed by atoms with van der Waals surface area (Å²) in [6.07, 6.45) is 6.57. The molecule has 1 aromatic rings. The fourth-order valence-electron chi connectivity index (χ4n) is 3.31. The van der Waals surface area contributed by atoms with Crippen LogP contribution < -0.4 is 15.8 Å². The molecular formula is C17H30N4O2S2. The number of hydrogen-bond donors (Lipinski definition) is 3. The third-order valence-corrected chi connectivity index (χ3v) is 7.05. The second kappa shape index (κ2) is 9.54. The van der Waals surface area contributed by atoms with E-state index in [-0.39, 0.29) is 4.21 Å². The summed E-state index contributed by atoms with van der Waals surface area (Å²) < 4.78 is 22.8. The van der Waals surface area contributed by atoms with Crippen molar-refractivity contribution in [3.8, 4) is 0 Å². The molecule has 0 aliphatic heterocycles. The lowest BCUT2D eigenvalue weighted by molar-refractivity contribution is 0.270. The first-order valence-electron chi connectivity index (χ1n) is 9.02. The minimum absolute atomic E-state index is 0.182. The highest BCUT2D eigenvalue weighted by atomic mass is 32.2. The van der Waals surface area contributed by atoms with Crippen molar-refractivity contribution in [2.45, 2.75) is 56.7 Å². The van der Waals surface area contributed by atoms with E-state index in [0.29, 0.717) is 6.54 Å². The average Bonchev–Trinajstić information content (AvgIpc) is 3.02. The van der Waals surface area contributed by atoms with Crippen LogP contribution in [0.25, 0.3) is 0 Å². The molecule has 4 N–H and O–H groups in total. The Kier molecular flexibility index (Phi) is 7.71. The van der Waals surface area contributed by atoms with E-state index in [1.165, 1.54) is 49.5 Å². The van der Waals surface area contributed by atoms with Crippen molar-refractivity contribution in [3.05, 3.63) is 17.0 Å². The highest BCUT2D eigenvalue weighted by Gasteiger charge is 2.18. The van der Waals surface area contributed by atoms with Crippen LogP contribution in [0.2, 0.25) is 0 Å². The van der Waals surface area contributed by atoms with Gasteiger partial charge >= 0.3 is 0 Å². The van der Waals surface area contributed by atoms with Crippen LogP contribution in [0.15, 0.2) is 21.3 Å². The lowest BCUT2D eigenvalue weighted by atomic mass is 9.81. The lowest BCUT2D eigenvalue weighted by Crippen LogP contribution is -2.38. The summed E-state index contributed by atoms with van der Waals surface area (Å²) in [7, 11) is -3.62. The normalized spacial score (nSPS) is 22.0. The standard InChI is InChI=1S/C17H30N4O2S2/c1-3-19-17(20-10-9-14-6-4-5-13(2)11-14)21-12-15-7-8-16(24-15)25(18,22)23/h7-8,13-14H,3-6,9-12H2,1-2H3,(H2,18,22,23)(H2,19,20,21). The highest BCUT2D eigenvalue weighted by molar-refractivity contribution is 7.91. The van der Waals surface area contributed by atoms with Crippen LogP contribution in [0.1, 0.15) is 50.8 Å². The molecule has 142 valence electrons. The van der Waals surface area contributed by atoms with Crippen molar-refractivity contribution >= 4 is 27.3 Å². The monoisotopic (exact) mass is 386 g/mol. The van der Waals surface area contributed by atoms with Crippen LogP contribution in [-0.4, -0.2) is 27.5 Å². The van der Waals surface area contributed by atoms with Gasteiger partial charge in [0.15, 0.2) is 5.96 Å². The second-order valence-corrected chi connectivity index (χ2v) is 9.77. The quantitative estimate of drug-likeness (QED) is 0.496. The van der Waals surface area contributed by atoms with Gasteiger partial charge in [-0.15, -0.1) is 11.3 Å². The zero-order valence-electron chi connectivity index (χ0n) is 15.1. The summed E-state index contributed by atoms with van der Waals surface area (Å²) in [6.45, 7) is 6.53. The van der Waals surface area contributed by atoms with Gasteiger partial charge in [0.05, 0.1) is 6.54 Å². The molecule has 1 aromatic heterocycles. The Labute approximate surface area is 155 Å². The fraction of sp³-hybridized carbons (Fsp3) is 0.706. The molecule has 0 amide bonds. The molecule has 2 unspecified atom stereocenters. The number of rotatable bonds is 7. The molecule has 1 fully saturated rings. The van der Waals surface area contributed by atoms with E-state index >= 15 is 0 Å². The van der Waals surface area contributed by atoms with Gasteiger partial charge < -0.3 is 10.6 Å². The van der Waals surface area contributed by atoms with E-state index in [4.69, 9.17) is 5.14 Å². The number of nitrogens with one attached hydrogen (secondary N) is 2. The Hall–Kier alpha value is -1.12. The number of nitrogens with zero attached hydrogens (tertiary/aromatic N) is 1. The largest absolute Gasteiger partial charge is 0.357 e. The van der Waals surface area contributed by atoms with Crippen molar-refractivity contribution in [2.24, 2.45) is 22.0 Å². The first-order chi connectivity index (χ1) is 11.9. The number of sulfonamides is 1. The zero-order valence-corrected chi connectivity index (χ0v) is 16.8. The van der Waals surface area contributed by atoms with Gasteiger partial charge in [-0.1, -0.05) is 26.2 Å². The summed E-state index contributed by atoms with van der Waals surface area (Å²) in [5.74, 6) is 2.44. The molecule has 0 spiro atoms. The molecule has 1 saturated carbocycles. The maximum absolute atomic E-state index is 11.3. The van der Waals surface area contributed by atoms with Crippen molar-refractivity contribution in [1.82, 2.24) is 10.6 Å². The van der Waals surface area contributed by atoms with Gasteiger partial charge in [-0.05, 0) is 43.7 Å². The minimum Gasteiger partial charge on any atom is -0.357 e. The Morgan fingerprint density at radius 3 is 2.80 bits per heavy atom. The van der Waals surface area contributed by atoms with Gasteiger partial charge in [0.1, 0.15) is 4.21 Å². The van der Waals surface area contributed by atoms with Gasteiger partial charge in [-0.3, -0.25) is 0 Å². The zero-order chi connectivity index (χ0) is 18.3. The molecule has 1 aliphatic rings. The first-order valence-corrected chi connectivity index (χ1v) is 11.4. The number of aliphatic imine (C=N–C) groups is 1. The van der Waals surface area contributed by atoms with Crippen LogP contribution in [0.4, 0.5) is 0 Å². The number of guanidine groups is 1. The third-order valence-electron chi connectivity index (χ3n) is 4.54. The highest BCUT2D eigenvalue weighted by Crippen LogP contribution is 2.30. The summed E-state index contributed by atoms with van der Waals surface area (Å²) in [4.78, 5) is 5.42. The van der Waals surface area contributed by atoms with Gasteiger partial charge in [0.2, 0.25) is 10.0 Å². The van der Waals surface area contributed by atoms with E-state index in [0.717, 1.165) is 35.8 Å². The Balaban J connectivity index is 1.84. The second-order valence-electron chi connectivity index (χ2n) is 6.81. The molecule has 2 rings (SSSR count). The summed E-state index contributed by atoms with van der Waals surface area (Å²) in [5.41, 5.74) is 0. The molecule has 0 aromatic carbocycles. The molecule has 1 heterocycles. The van der Waals surface area contributed by atoms with Gasteiger partial charge in [0.25, 0.3) is 0 Å². The van der Waals surface area contributed by atoms with Gasteiger partial charge in [-0.2, -0.15) is 0 Å². The van der Waals surface area contributed by atoms with Crippen molar-refractivity contribution in [2.75, 3.05) is 13.1 Å². The molecule has 25 heavy (non-hydrogen) atoms. The molecular weight excluding hydrogens is 356 g/mol. The molecule has 0 saturated heterocycles.